The van der Waals surface area contributed by atoms with Gasteiger partial charge in [0.05, 0.1) is 5.54 Å². The van der Waals surface area contributed by atoms with Gasteiger partial charge in [0.15, 0.2) is 12.4 Å². The van der Waals surface area contributed by atoms with Crippen molar-refractivity contribution in [2.45, 2.75) is 64.5 Å². The first-order valence-corrected chi connectivity index (χ1v) is 8.33. The van der Waals surface area contributed by atoms with Crippen molar-refractivity contribution in [3.8, 4) is 5.75 Å². The predicted molar refractivity (Wildman–Crippen MR) is 95.5 cm³/mol. The fraction of sp³-hybridized carbons (Fsp3) is 0.556. The lowest BCUT2D eigenvalue weighted by Crippen LogP contribution is -2.34. The van der Waals surface area contributed by atoms with Crippen LogP contribution in [0.15, 0.2) is 22.7 Å². The standard InChI is InChI=1S/C18H25N3O2.ClH/c1-12(2)14-7-6-13(3)10-15(14)22-11-16-20-17(21-23-16)18(19)8-4-5-9-18;/h6-7,10,12H,4-5,8-9,11,19H2,1-3H3;1H. The van der Waals surface area contributed by atoms with Crippen LogP contribution in [-0.2, 0) is 12.1 Å². The number of nitrogens with two attached hydrogens (primary N) is 1. The molecule has 5 nitrogen and oxygen atoms in total. The van der Waals surface area contributed by atoms with Gasteiger partial charge in [0.2, 0.25) is 0 Å². The second kappa shape index (κ2) is 7.53. The van der Waals surface area contributed by atoms with Gasteiger partial charge in [-0.05, 0) is 42.9 Å². The largest absolute Gasteiger partial charge is 0.483 e. The molecule has 0 unspecified atom stereocenters. The van der Waals surface area contributed by atoms with E-state index in [1.807, 2.05) is 6.07 Å². The van der Waals surface area contributed by atoms with E-state index in [1.165, 1.54) is 11.1 Å². The van der Waals surface area contributed by atoms with Crippen LogP contribution in [0.2, 0.25) is 0 Å². The molecule has 1 fully saturated rings. The summed E-state index contributed by atoms with van der Waals surface area (Å²) >= 11 is 0. The monoisotopic (exact) mass is 351 g/mol. The SMILES string of the molecule is Cc1ccc(C(C)C)c(OCc2nc(C3(N)CCCC3)no2)c1.Cl. The second-order valence-corrected chi connectivity index (χ2v) is 6.86. The summed E-state index contributed by atoms with van der Waals surface area (Å²) in [6.07, 6.45) is 4.08. The molecule has 2 aromatic rings. The molecule has 0 aliphatic heterocycles. The molecule has 1 aliphatic carbocycles. The van der Waals surface area contributed by atoms with Crippen molar-refractivity contribution in [3.05, 3.63) is 41.0 Å². The first kappa shape index (κ1) is 18.7. The summed E-state index contributed by atoms with van der Waals surface area (Å²) in [6, 6.07) is 6.27. The van der Waals surface area contributed by atoms with E-state index in [4.69, 9.17) is 15.0 Å². The highest BCUT2D eigenvalue weighted by Gasteiger charge is 2.36. The van der Waals surface area contributed by atoms with E-state index in [1.54, 1.807) is 0 Å². The molecule has 2 N–H and O–H groups in total. The van der Waals surface area contributed by atoms with Crippen LogP contribution in [0.1, 0.15) is 68.3 Å². The van der Waals surface area contributed by atoms with Crippen molar-refractivity contribution in [1.82, 2.24) is 10.1 Å². The fourth-order valence-electron chi connectivity index (χ4n) is 3.13. The molecule has 1 heterocycles. The van der Waals surface area contributed by atoms with Crippen LogP contribution in [0.25, 0.3) is 0 Å². The van der Waals surface area contributed by atoms with Gasteiger partial charge in [-0.15, -0.1) is 12.4 Å². The number of nitrogens with zero attached hydrogens (tertiary/aromatic N) is 2. The summed E-state index contributed by atoms with van der Waals surface area (Å²) in [5.41, 5.74) is 8.29. The minimum Gasteiger partial charge on any atom is -0.483 e. The van der Waals surface area contributed by atoms with Crippen molar-refractivity contribution < 1.29 is 9.26 Å². The van der Waals surface area contributed by atoms with Crippen LogP contribution in [0.3, 0.4) is 0 Å². The molecule has 0 bridgehead atoms. The van der Waals surface area contributed by atoms with Gasteiger partial charge in [0, 0.05) is 0 Å². The highest BCUT2D eigenvalue weighted by atomic mass is 35.5. The zero-order chi connectivity index (χ0) is 16.4. The molecular weight excluding hydrogens is 326 g/mol. The van der Waals surface area contributed by atoms with E-state index in [9.17, 15) is 0 Å². The van der Waals surface area contributed by atoms with Gasteiger partial charge in [-0.2, -0.15) is 4.98 Å². The minimum absolute atomic E-state index is 0. The molecule has 132 valence electrons. The minimum atomic E-state index is -0.422. The highest BCUT2D eigenvalue weighted by molar-refractivity contribution is 5.85. The van der Waals surface area contributed by atoms with Crippen LogP contribution in [0.4, 0.5) is 0 Å². The van der Waals surface area contributed by atoms with Crippen molar-refractivity contribution in [3.63, 3.8) is 0 Å². The summed E-state index contributed by atoms with van der Waals surface area (Å²) < 4.78 is 11.3. The maximum Gasteiger partial charge on any atom is 0.264 e. The lowest BCUT2D eigenvalue weighted by molar-refractivity contribution is 0.239. The van der Waals surface area contributed by atoms with Gasteiger partial charge in [-0.25, -0.2) is 0 Å². The molecule has 1 aliphatic rings. The Balaban J connectivity index is 0.00000208. The van der Waals surface area contributed by atoms with Gasteiger partial charge >= 0.3 is 0 Å². The summed E-state index contributed by atoms with van der Waals surface area (Å²) in [5.74, 6) is 2.37. The fourth-order valence-corrected chi connectivity index (χ4v) is 3.13. The van der Waals surface area contributed by atoms with E-state index in [0.717, 1.165) is 31.4 Å². The molecule has 24 heavy (non-hydrogen) atoms. The first-order valence-electron chi connectivity index (χ1n) is 8.33. The molecule has 0 radical (unpaired) electrons. The second-order valence-electron chi connectivity index (χ2n) is 6.86. The molecule has 0 spiro atoms. The summed E-state index contributed by atoms with van der Waals surface area (Å²) in [6.45, 7) is 6.63. The van der Waals surface area contributed by atoms with E-state index < -0.39 is 5.54 Å². The van der Waals surface area contributed by atoms with Gasteiger partial charge in [0.25, 0.3) is 5.89 Å². The molecule has 1 aromatic carbocycles. The van der Waals surface area contributed by atoms with E-state index >= 15 is 0 Å². The molecule has 0 saturated heterocycles. The molecule has 0 amide bonds. The quantitative estimate of drug-likeness (QED) is 0.872. The topological polar surface area (TPSA) is 74.2 Å². The highest BCUT2D eigenvalue weighted by Crippen LogP contribution is 2.34. The van der Waals surface area contributed by atoms with Crippen LogP contribution in [0, 0.1) is 6.92 Å². The Morgan fingerprint density at radius 1 is 1.29 bits per heavy atom. The normalized spacial score (nSPS) is 16.2. The van der Waals surface area contributed by atoms with Crippen LogP contribution in [0.5, 0.6) is 5.75 Å². The molecule has 0 atom stereocenters. The van der Waals surface area contributed by atoms with Crippen molar-refractivity contribution >= 4 is 12.4 Å². The average molecular weight is 352 g/mol. The van der Waals surface area contributed by atoms with Crippen molar-refractivity contribution in [2.75, 3.05) is 0 Å². The van der Waals surface area contributed by atoms with E-state index in [0.29, 0.717) is 17.6 Å². The number of rotatable bonds is 5. The van der Waals surface area contributed by atoms with Gasteiger partial charge in [-0.3, -0.25) is 0 Å². The lowest BCUT2D eigenvalue weighted by Gasteiger charge is -2.17. The summed E-state index contributed by atoms with van der Waals surface area (Å²) in [7, 11) is 0. The van der Waals surface area contributed by atoms with Gasteiger partial charge in [-0.1, -0.05) is 44.0 Å². The number of ether oxygens (including phenoxy) is 1. The molecule has 1 saturated carbocycles. The number of benzene rings is 1. The first-order chi connectivity index (χ1) is 11.0. The molecular formula is C18H26ClN3O2. The Bertz CT molecular complexity index is 679. The predicted octanol–water partition coefficient (Wildman–Crippen LogP) is 4.23. The van der Waals surface area contributed by atoms with Crippen LogP contribution < -0.4 is 10.5 Å². The Morgan fingerprint density at radius 3 is 2.67 bits per heavy atom. The van der Waals surface area contributed by atoms with Crippen molar-refractivity contribution in [2.24, 2.45) is 5.73 Å². The molecule has 1 aromatic heterocycles. The third-order valence-electron chi connectivity index (χ3n) is 4.55. The van der Waals surface area contributed by atoms with Crippen LogP contribution >= 0.6 is 12.4 Å². The third-order valence-corrected chi connectivity index (χ3v) is 4.55. The number of hydrogen-bond donors (Lipinski definition) is 1. The maximum atomic E-state index is 6.36. The average Bonchev–Trinajstić information content (AvgIpc) is 3.14. The summed E-state index contributed by atoms with van der Waals surface area (Å²) in [4.78, 5) is 4.45. The molecule has 3 rings (SSSR count). The lowest BCUT2D eigenvalue weighted by atomic mass is 9.99. The smallest absolute Gasteiger partial charge is 0.264 e. The third kappa shape index (κ3) is 3.90. The number of aryl methyl sites for hydroxylation is 1. The Kier molecular flexibility index (Phi) is 5.88. The zero-order valence-electron chi connectivity index (χ0n) is 14.5. The summed E-state index contributed by atoms with van der Waals surface area (Å²) in [5, 5.41) is 4.07. The van der Waals surface area contributed by atoms with E-state index in [2.05, 4.69) is 43.0 Å². The number of halogens is 1. The zero-order valence-corrected chi connectivity index (χ0v) is 15.4. The van der Waals surface area contributed by atoms with Gasteiger partial charge < -0.3 is 15.0 Å². The Labute approximate surface area is 149 Å². The van der Waals surface area contributed by atoms with Crippen molar-refractivity contribution in [1.29, 1.82) is 0 Å². The number of aromatic nitrogens is 2. The number of hydrogen-bond acceptors (Lipinski definition) is 5. The van der Waals surface area contributed by atoms with Crippen LogP contribution in [-0.4, -0.2) is 10.1 Å². The van der Waals surface area contributed by atoms with Gasteiger partial charge in [0.1, 0.15) is 5.75 Å². The Morgan fingerprint density at radius 2 is 2.00 bits per heavy atom. The Hall–Kier alpha value is -1.59. The maximum absolute atomic E-state index is 6.36. The van der Waals surface area contributed by atoms with E-state index in [-0.39, 0.29) is 19.0 Å². The molecule has 6 heteroatoms.